The van der Waals surface area contributed by atoms with Crippen LogP contribution in [-0.4, -0.2) is 23.9 Å². The average molecular weight is 215 g/mol. The van der Waals surface area contributed by atoms with Gasteiger partial charge in [-0.2, -0.15) is 0 Å². The Hall–Kier alpha value is -1.10. The fourth-order valence-electron chi connectivity index (χ4n) is 0.877. The van der Waals surface area contributed by atoms with Crippen LogP contribution in [0.15, 0.2) is 0 Å². The summed E-state index contributed by atoms with van der Waals surface area (Å²) in [6.45, 7) is 7.43. The van der Waals surface area contributed by atoms with Crippen molar-refractivity contribution in [2.45, 2.75) is 46.2 Å². The van der Waals surface area contributed by atoms with Gasteiger partial charge in [-0.05, 0) is 12.3 Å². The molecule has 88 valence electrons. The third-order valence-corrected chi connectivity index (χ3v) is 2.32. The highest BCUT2D eigenvalue weighted by Gasteiger charge is 2.24. The first-order valence-electron chi connectivity index (χ1n) is 4.99. The molecule has 0 spiro atoms. The van der Waals surface area contributed by atoms with E-state index in [9.17, 15) is 9.59 Å². The highest BCUT2D eigenvalue weighted by atomic mass is 16.2. The van der Waals surface area contributed by atoms with Crippen LogP contribution >= 0.6 is 0 Å². The molecule has 0 fully saturated rings. The Morgan fingerprint density at radius 3 is 2.13 bits per heavy atom. The van der Waals surface area contributed by atoms with E-state index in [0.717, 1.165) is 0 Å². The van der Waals surface area contributed by atoms with Crippen LogP contribution in [-0.2, 0) is 9.59 Å². The fraction of sp³-hybridized carbons (Fsp3) is 0.800. The maximum Gasteiger partial charge on any atom is 0.239 e. The maximum atomic E-state index is 11.4. The Kier molecular flexibility index (Phi) is 4.74. The van der Waals surface area contributed by atoms with E-state index >= 15 is 0 Å². The molecule has 5 N–H and O–H groups in total. The molecule has 0 aromatic carbocycles. The van der Waals surface area contributed by atoms with E-state index in [1.54, 1.807) is 6.92 Å². The van der Waals surface area contributed by atoms with Crippen molar-refractivity contribution in [1.29, 1.82) is 0 Å². The van der Waals surface area contributed by atoms with E-state index in [1.165, 1.54) is 0 Å². The smallest absolute Gasteiger partial charge is 0.239 e. The quantitative estimate of drug-likeness (QED) is 0.602. The lowest BCUT2D eigenvalue weighted by atomic mass is 9.85. The number of rotatable bonds is 4. The van der Waals surface area contributed by atoms with Gasteiger partial charge in [-0.25, -0.2) is 0 Å². The molecule has 5 heteroatoms. The van der Waals surface area contributed by atoms with E-state index in [-0.39, 0.29) is 23.8 Å². The van der Waals surface area contributed by atoms with E-state index in [2.05, 4.69) is 5.32 Å². The minimum Gasteiger partial charge on any atom is -0.368 e. The molecule has 0 aromatic heterocycles. The van der Waals surface area contributed by atoms with Gasteiger partial charge in [0.15, 0.2) is 0 Å². The summed E-state index contributed by atoms with van der Waals surface area (Å²) in [5.74, 6) is -0.795. The molecule has 0 radical (unpaired) electrons. The highest BCUT2D eigenvalue weighted by molar-refractivity contribution is 5.86. The van der Waals surface area contributed by atoms with Crippen LogP contribution < -0.4 is 16.8 Å². The van der Waals surface area contributed by atoms with Gasteiger partial charge in [-0.3, -0.25) is 9.59 Å². The van der Waals surface area contributed by atoms with Crippen molar-refractivity contribution in [3.63, 3.8) is 0 Å². The number of nitrogens with one attached hydrogen (secondary N) is 1. The standard InChI is InChI=1S/C10H21N3O2/c1-6(9(12)15)13-8(14)5-7(11)10(2,3)4/h6-7H,5,11H2,1-4H3,(H2,12,15)(H,13,14). The molecule has 0 bridgehead atoms. The zero-order valence-electron chi connectivity index (χ0n) is 9.83. The monoisotopic (exact) mass is 215 g/mol. The normalized spacial score (nSPS) is 15.5. The molecule has 0 saturated heterocycles. The summed E-state index contributed by atoms with van der Waals surface area (Å²) in [5, 5.41) is 2.49. The first kappa shape index (κ1) is 13.9. The number of hydrogen-bond donors (Lipinski definition) is 3. The predicted molar refractivity (Wildman–Crippen MR) is 58.8 cm³/mol. The zero-order chi connectivity index (χ0) is 12.2. The van der Waals surface area contributed by atoms with Crippen molar-refractivity contribution in [1.82, 2.24) is 5.32 Å². The maximum absolute atomic E-state index is 11.4. The summed E-state index contributed by atoms with van der Waals surface area (Å²) in [4.78, 5) is 22.1. The van der Waals surface area contributed by atoms with Crippen LogP contribution in [0.5, 0.6) is 0 Å². The molecule has 2 unspecified atom stereocenters. The van der Waals surface area contributed by atoms with Gasteiger partial charge < -0.3 is 16.8 Å². The first-order valence-corrected chi connectivity index (χ1v) is 4.99. The molecule has 2 amide bonds. The van der Waals surface area contributed by atoms with Gasteiger partial charge in [0.1, 0.15) is 6.04 Å². The molecule has 5 nitrogen and oxygen atoms in total. The second kappa shape index (κ2) is 5.11. The van der Waals surface area contributed by atoms with Crippen LogP contribution in [0.4, 0.5) is 0 Å². The minimum absolute atomic E-state index is 0.132. The van der Waals surface area contributed by atoms with Gasteiger partial charge >= 0.3 is 0 Å². The van der Waals surface area contributed by atoms with Gasteiger partial charge in [0.25, 0.3) is 0 Å². The Bertz CT molecular complexity index is 246. The molecule has 0 rings (SSSR count). The van der Waals surface area contributed by atoms with Crippen molar-refractivity contribution in [2.24, 2.45) is 16.9 Å². The van der Waals surface area contributed by atoms with Crippen LogP contribution in [0.25, 0.3) is 0 Å². The molecule has 0 heterocycles. The number of carbonyl (C=O) groups excluding carboxylic acids is 2. The van der Waals surface area contributed by atoms with Crippen molar-refractivity contribution in [3.8, 4) is 0 Å². The number of carbonyl (C=O) groups is 2. The fourth-order valence-corrected chi connectivity index (χ4v) is 0.877. The largest absolute Gasteiger partial charge is 0.368 e. The lowest BCUT2D eigenvalue weighted by Crippen LogP contribution is -2.46. The van der Waals surface area contributed by atoms with Crippen molar-refractivity contribution in [3.05, 3.63) is 0 Å². The zero-order valence-corrected chi connectivity index (χ0v) is 9.83. The molecule has 2 atom stereocenters. The molecule has 0 aliphatic carbocycles. The van der Waals surface area contributed by atoms with Gasteiger partial charge in [0.2, 0.25) is 11.8 Å². The summed E-state index contributed by atoms with van der Waals surface area (Å²) in [6.07, 6.45) is 0.196. The summed E-state index contributed by atoms with van der Waals surface area (Å²) < 4.78 is 0. The lowest BCUT2D eigenvalue weighted by molar-refractivity contribution is -0.127. The van der Waals surface area contributed by atoms with Gasteiger partial charge in [0.05, 0.1) is 0 Å². The number of hydrogen-bond acceptors (Lipinski definition) is 3. The predicted octanol–water partition coefficient (Wildman–Crippen LogP) is -0.260. The Balaban J connectivity index is 4.11. The molecule has 0 aliphatic rings. The molecule has 0 saturated carbocycles. The molecular weight excluding hydrogens is 194 g/mol. The second-order valence-electron chi connectivity index (χ2n) is 4.87. The summed E-state index contributed by atoms with van der Waals surface area (Å²) in [6, 6.07) is -0.887. The highest BCUT2D eigenvalue weighted by Crippen LogP contribution is 2.19. The summed E-state index contributed by atoms with van der Waals surface area (Å²) in [7, 11) is 0. The van der Waals surface area contributed by atoms with E-state index < -0.39 is 11.9 Å². The molecular formula is C10H21N3O2. The van der Waals surface area contributed by atoms with E-state index in [1.807, 2.05) is 20.8 Å². The minimum atomic E-state index is -0.648. The topological polar surface area (TPSA) is 98.2 Å². The van der Waals surface area contributed by atoms with Crippen LogP contribution in [0.2, 0.25) is 0 Å². The average Bonchev–Trinajstić information content (AvgIpc) is 2.01. The second-order valence-corrected chi connectivity index (χ2v) is 4.87. The first-order chi connectivity index (χ1) is 6.64. The molecule has 0 aliphatic heterocycles. The van der Waals surface area contributed by atoms with Crippen LogP contribution in [0.1, 0.15) is 34.1 Å². The number of nitrogens with two attached hydrogens (primary N) is 2. The van der Waals surface area contributed by atoms with E-state index in [0.29, 0.717) is 0 Å². The summed E-state index contributed by atoms with van der Waals surface area (Å²) >= 11 is 0. The van der Waals surface area contributed by atoms with Gasteiger partial charge in [-0.15, -0.1) is 0 Å². The van der Waals surface area contributed by atoms with Crippen LogP contribution in [0, 0.1) is 5.41 Å². The number of primary amides is 1. The van der Waals surface area contributed by atoms with Crippen molar-refractivity contribution >= 4 is 11.8 Å². The van der Waals surface area contributed by atoms with Gasteiger partial charge in [-0.1, -0.05) is 20.8 Å². The Labute approximate surface area is 90.6 Å². The SMILES string of the molecule is CC(NC(=O)CC(N)C(C)(C)C)C(N)=O. The number of amides is 2. The Morgan fingerprint density at radius 2 is 1.80 bits per heavy atom. The Morgan fingerprint density at radius 1 is 1.33 bits per heavy atom. The van der Waals surface area contributed by atoms with Crippen molar-refractivity contribution in [2.75, 3.05) is 0 Å². The lowest BCUT2D eigenvalue weighted by Gasteiger charge is -2.26. The third kappa shape index (κ3) is 5.37. The third-order valence-electron chi connectivity index (χ3n) is 2.32. The summed E-state index contributed by atoms with van der Waals surface area (Å²) in [5.41, 5.74) is 10.7. The van der Waals surface area contributed by atoms with Crippen molar-refractivity contribution < 1.29 is 9.59 Å². The van der Waals surface area contributed by atoms with E-state index in [4.69, 9.17) is 11.5 Å². The molecule has 15 heavy (non-hydrogen) atoms. The van der Waals surface area contributed by atoms with Crippen LogP contribution in [0.3, 0.4) is 0 Å². The van der Waals surface area contributed by atoms with Gasteiger partial charge in [0, 0.05) is 12.5 Å². The molecule has 0 aromatic rings.